The molecule has 3 N–H and O–H groups in total. The van der Waals surface area contributed by atoms with E-state index >= 15 is 0 Å². The molecule has 0 bridgehead atoms. The number of hydrogen-bond acceptors (Lipinski definition) is 5. The van der Waals surface area contributed by atoms with Gasteiger partial charge in [0.2, 0.25) is 0 Å². The Bertz CT molecular complexity index is 1360. The highest BCUT2D eigenvalue weighted by Crippen LogP contribution is 2.19. The number of amides is 1. The van der Waals surface area contributed by atoms with Crippen LogP contribution in [0.25, 0.3) is 22.9 Å². The molecular weight excluding hydrogens is 418 g/mol. The van der Waals surface area contributed by atoms with Gasteiger partial charge in [-0.3, -0.25) is 9.59 Å². The number of carbonyl (C=O) groups is 1. The van der Waals surface area contributed by atoms with E-state index < -0.39 is 5.56 Å². The van der Waals surface area contributed by atoms with Crippen molar-refractivity contribution in [1.29, 1.82) is 0 Å². The summed E-state index contributed by atoms with van der Waals surface area (Å²) in [6.45, 7) is 0.504. The van der Waals surface area contributed by atoms with Gasteiger partial charge in [0.25, 0.3) is 11.5 Å². The third kappa shape index (κ3) is 5.27. The van der Waals surface area contributed by atoms with Crippen LogP contribution in [-0.2, 0) is 6.42 Å². The maximum Gasteiger partial charge on any atom is 0.274 e. The fourth-order valence-electron chi connectivity index (χ4n) is 3.38. The minimum atomic E-state index is -0.468. The van der Waals surface area contributed by atoms with E-state index in [0.717, 1.165) is 12.0 Å². The number of aromatic amines is 1. The normalized spacial score (nSPS) is 11.4. The van der Waals surface area contributed by atoms with Crippen LogP contribution in [0, 0.1) is 0 Å². The third-order valence-electron chi connectivity index (χ3n) is 5.18. The first kappa shape index (κ1) is 21.8. The van der Waals surface area contributed by atoms with Gasteiger partial charge in [-0.25, -0.2) is 4.98 Å². The molecule has 4 rings (SSSR count). The zero-order valence-electron chi connectivity index (χ0n) is 18.0. The van der Waals surface area contributed by atoms with Gasteiger partial charge in [0.15, 0.2) is 0 Å². The highest BCUT2D eigenvalue weighted by Gasteiger charge is 2.10. The maximum absolute atomic E-state index is 12.5. The Hall–Kier alpha value is -4.39. The summed E-state index contributed by atoms with van der Waals surface area (Å²) in [6, 6.07) is 21.6. The molecule has 0 aliphatic carbocycles. The van der Waals surface area contributed by atoms with Crippen LogP contribution in [0.2, 0.25) is 0 Å². The number of H-pyrrole nitrogens is 1. The third-order valence-corrected chi connectivity index (χ3v) is 5.18. The van der Waals surface area contributed by atoms with E-state index in [4.69, 9.17) is 4.74 Å². The van der Waals surface area contributed by atoms with Gasteiger partial charge in [-0.2, -0.15) is 0 Å². The summed E-state index contributed by atoms with van der Waals surface area (Å²) in [7, 11) is 1.56. The lowest BCUT2D eigenvalue weighted by atomic mass is 10.1. The molecule has 4 aromatic rings. The number of ether oxygens (including phenoxy) is 1. The second-order valence-corrected chi connectivity index (χ2v) is 7.43. The van der Waals surface area contributed by atoms with Crippen LogP contribution in [-0.4, -0.2) is 34.6 Å². The first-order valence-electron chi connectivity index (χ1n) is 10.4. The van der Waals surface area contributed by atoms with Crippen molar-refractivity contribution in [2.45, 2.75) is 6.42 Å². The van der Waals surface area contributed by atoms with E-state index in [9.17, 15) is 14.7 Å². The minimum absolute atomic E-state index is 0.0656. The molecule has 166 valence electrons. The molecule has 0 unspecified atom stereocenters. The lowest BCUT2D eigenvalue weighted by molar-refractivity contribution is 0.0954. The molecule has 1 aromatic heterocycles. The van der Waals surface area contributed by atoms with Crippen LogP contribution in [0.5, 0.6) is 5.75 Å². The van der Waals surface area contributed by atoms with E-state index in [1.165, 1.54) is 6.08 Å². The van der Waals surface area contributed by atoms with Crippen molar-refractivity contribution >= 4 is 28.8 Å². The van der Waals surface area contributed by atoms with E-state index in [1.54, 1.807) is 49.6 Å². The lowest BCUT2D eigenvalue weighted by Gasteiger charge is -2.07. The highest BCUT2D eigenvalue weighted by atomic mass is 16.5. The molecule has 0 saturated heterocycles. The van der Waals surface area contributed by atoms with E-state index in [0.29, 0.717) is 34.5 Å². The molecule has 0 aliphatic rings. The van der Waals surface area contributed by atoms with Crippen LogP contribution in [0.15, 0.2) is 77.6 Å². The predicted octanol–water partition coefficient (Wildman–Crippen LogP) is 3.96. The molecular formula is C26H23N3O4. The number of rotatable bonds is 7. The van der Waals surface area contributed by atoms with Crippen molar-refractivity contribution < 1.29 is 14.6 Å². The van der Waals surface area contributed by atoms with Crippen molar-refractivity contribution in [2.75, 3.05) is 13.7 Å². The standard InChI is InChI=1S/C26H23N3O4/c1-33-20-10-7-18(8-11-20)24(30)16-23-26(32)29-22-15-19(9-12-21(22)28-23)25(31)27-14-13-17-5-3-2-4-6-17/h2-12,15-16,30H,13-14H2,1H3,(H,27,31)(H,29,32)/b24-16-. The Labute approximate surface area is 190 Å². The number of carbonyl (C=O) groups excluding carboxylic acids is 1. The zero-order valence-corrected chi connectivity index (χ0v) is 18.0. The summed E-state index contributed by atoms with van der Waals surface area (Å²) in [6.07, 6.45) is 2.04. The fraction of sp³-hybridized carbons (Fsp3) is 0.115. The Morgan fingerprint density at radius 3 is 2.52 bits per heavy atom. The Morgan fingerprint density at radius 2 is 1.79 bits per heavy atom. The smallest absolute Gasteiger partial charge is 0.274 e. The Kier molecular flexibility index (Phi) is 6.50. The Balaban J connectivity index is 1.50. The maximum atomic E-state index is 12.5. The van der Waals surface area contributed by atoms with Gasteiger partial charge in [-0.05, 0) is 54.4 Å². The quantitative estimate of drug-likeness (QED) is 0.377. The van der Waals surface area contributed by atoms with Gasteiger partial charge in [-0.1, -0.05) is 30.3 Å². The highest BCUT2D eigenvalue weighted by molar-refractivity contribution is 5.97. The van der Waals surface area contributed by atoms with Crippen molar-refractivity contribution in [2.24, 2.45) is 0 Å². The van der Waals surface area contributed by atoms with Crippen molar-refractivity contribution in [3.63, 3.8) is 0 Å². The molecule has 0 aliphatic heterocycles. The number of nitrogens with one attached hydrogen (secondary N) is 2. The molecule has 1 amide bonds. The predicted molar refractivity (Wildman–Crippen MR) is 128 cm³/mol. The van der Waals surface area contributed by atoms with Crippen LogP contribution in [0.1, 0.15) is 27.2 Å². The number of methoxy groups -OCH3 is 1. The topological polar surface area (TPSA) is 104 Å². The van der Waals surface area contributed by atoms with Gasteiger partial charge in [-0.15, -0.1) is 0 Å². The van der Waals surface area contributed by atoms with Gasteiger partial charge in [0.05, 0.1) is 18.1 Å². The van der Waals surface area contributed by atoms with Crippen LogP contribution in [0.3, 0.4) is 0 Å². The van der Waals surface area contributed by atoms with Crippen LogP contribution in [0.4, 0.5) is 0 Å². The van der Waals surface area contributed by atoms with Gasteiger partial charge >= 0.3 is 0 Å². The summed E-state index contributed by atoms with van der Waals surface area (Å²) in [5, 5.41) is 13.3. The fourth-order valence-corrected chi connectivity index (χ4v) is 3.38. The van der Waals surface area contributed by atoms with E-state index in [2.05, 4.69) is 15.3 Å². The second kappa shape index (κ2) is 9.82. The number of nitrogens with zero attached hydrogens (tertiary/aromatic N) is 1. The SMILES string of the molecule is COc1ccc(/C(O)=C/c2nc3ccc(C(=O)NCCc4ccccc4)cc3[nH]c2=O)cc1. The van der Waals surface area contributed by atoms with Crippen LogP contribution < -0.4 is 15.6 Å². The van der Waals surface area contributed by atoms with E-state index in [-0.39, 0.29) is 17.4 Å². The Morgan fingerprint density at radius 1 is 1.06 bits per heavy atom. The molecule has 33 heavy (non-hydrogen) atoms. The number of hydrogen-bond donors (Lipinski definition) is 3. The summed E-state index contributed by atoms with van der Waals surface area (Å²) >= 11 is 0. The van der Waals surface area contributed by atoms with Crippen LogP contribution >= 0.6 is 0 Å². The average Bonchev–Trinajstić information content (AvgIpc) is 2.84. The molecule has 7 nitrogen and oxygen atoms in total. The van der Waals surface area contributed by atoms with E-state index in [1.807, 2.05) is 30.3 Å². The van der Waals surface area contributed by atoms with Crippen molar-refractivity contribution in [3.05, 3.63) is 106 Å². The molecule has 0 radical (unpaired) electrons. The molecule has 3 aromatic carbocycles. The largest absolute Gasteiger partial charge is 0.507 e. The van der Waals surface area contributed by atoms with Crippen molar-refractivity contribution in [1.82, 2.24) is 15.3 Å². The summed E-state index contributed by atoms with van der Waals surface area (Å²) in [5.74, 6) is 0.340. The lowest BCUT2D eigenvalue weighted by Crippen LogP contribution is -2.25. The number of aromatic nitrogens is 2. The molecule has 0 spiro atoms. The summed E-state index contributed by atoms with van der Waals surface area (Å²) in [4.78, 5) is 32.1. The molecule has 0 atom stereocenters. The first-order chi connectivity index (χ1) is 16.0. The second-order valence-electron chi connectivity index (χ2n) is 7.43. The van der Waals surface area contributed by atoms with Crippen molar-refractivity contribution in [3.8, 4) is 5.75 Å². The van der Waals surface area contributed by atoms with Gasteiger partial charge in [0.1, 0.15) is 17.2 Å². The number of benzene rings is 3. The zero-order chi connectivity index (χ0) is 23.2. The molecule has 0 saturated carbocycles. The molecule has 1 heterocycles. The van der Waals surface area contributed by atoms with Gasteiger partial charge in [0, 0.05) is 23.7 Å². The number of aliphatic hydroxyl groups is 1. The minimum Gasteiger partial charge on any atom is -0.507 e. The summed E-state index contributed by atoms with van der Waals surface area (Å²) < 4.78 is 5.11. The molecule has 7 heteroatoms. The number of aliphatic hydroxyl groups excluding tert-OH is 1. The first-order valence-corrected chi connectivity index (χ1v) is 10.4. The van der Waals surface area contributed by atoms with Gasteiger partial charge < -0.3 is 20.1 Å². The summed E-state index contributed by atoms with van der Waals surface area (Å²) in [5.41, 5.74) is 2.64. The average molecular weight is 441 g/mol. The molecule has 0 fully saturated rings. The monoisotopic (exact) mass is 441 g/mol. The number of fused-ring (bicyclic) bond motifs is 1.